The quantitative estimate of drug-likeness (QED) is 0.846. The third kappa shape index (κ3) is 5.26. The summed E-state index contributed by atoms with van der Waals surface area (Å²) >= 11 is 1.35. The minimum Gasteiger partial charge on any atom is -0.445 e. The number of amides is 1. The fraction of sp³-hybridized carbons (Fsp3) is 0.200. The van der Waals surface area contributed by atoms with Crippen molar-refractivity contribution in [2.45, 2.75) is 13.2 Å². The first kappa shape index (κ1) is 15.0. The smallest absolute Gasteiger partial charge is 0.408 e. The van der Waals surface area contributed by atoms with Gasteiger partial charge in [0.15, 0.2) is 5.01 Å². The SMILES string of the molecule is O=C(NCC#Cc1nc(CO)cs1)OCc1ccccc1. The molecule has 0 aliphatic heterocycles. The Morgan fingerprint density at radius 3 is 2.90 bits per heavy atom. The van der Waals surface area contributed by atoms with Crippen LogP contribution in [0, 0.1) is 11.8 Å². The summed E-state index contributed by atoms with van der Waals surface area (Å²) in [5.74, 6) is 5.58. The molecule has 1 heterocycles. The Morgan fingerprint density at radius 2 is 2.19 bits per heavy atom. The van der Waals surface area contributed by atoms with Gasteiger partial charge in [-0.25, -0.2) is 9.78 Å². The highest BCUT2D eigenvalue weighted by atomic mass is 32.1. The van der Waals surface area contributed by atoms with E-state index in [1.54, 1.807) is 5.38 Å². The molecule has 1 aromatic carbocycles. The van der Waals surface area contributed by atoms with Gasteiger partial charge in [-0.15, -0.1) is 11.3 Å². The van der Waals surface area contributed by atoms with Gasteiger partial charge in [0, 0.05) is 5.38 Å². The van der Waals surface area contributed by atoms with E-state index in [0.717, 1.165) is 5.56 Å². The number of nitrogens with one attached hydrogen (secondary N) is 1. The van der Waals surface area contributed by atoms with Crippen LogP contribution in [0.2, 0.25) is 0 Å². The maximum atomic E-state index is 11.4. The number of nitrogens with zero attached hydrogens (tertiary/aromatic N) is 1. The Balaban J connectivity index is 1.70. The second kappa shape index (κ2) is 8.04. The van der Waals surface area contributed by atoms with Crippen LogP contribution in [0.25, 0.3) is 0 Å². The molecule has 0 saturated carbocycles. The molecule has 0 bridgehead atoms. The maximum Gasteiger partial charge on any atom is 0.408 e. The summed E-state index contributed by atoms with van der Waals surface area (Å²) < 4.78 is 5.04. The van der Waals surface area contributed by atoms with E-state index in [1.807, 2.05) is 30.3 Å². The Hall–Kier alpha value is -2.36. The molecule has 0 unspecified atom stereocenters. The third-order valence-corrected chi connectivity index (χ3v) is 3.25. The summed E-state index contributed by atoms with van der Waals surface area (Å²) in [4.78, 5) is 15.5. The number of hydrogen-bond donors (Lipinski definition) is 2. The van der Waals surface area contributed by atoms with E-state index in [9.17, 15) is 4.79 Å². The molecule has 1 amide bonds. The molecule has 0 radical (unpaired) electrons. The van der Waals surface area contributed by atoms with Crippen molar-refractivity contribution >= 4 is 17.4 Å². The monoisotopic (exact) mass is 302 g/mol. The normalized spacial score (nSPS) is 9.57. The zero-order chi connectivity index (χ0) is 14.9. The number of carbonyl (C=O) groups excluding carboxylic acids is 1. The molecule has 0 spiro atoms. The van der Waals surface area contributed by atoms with Crippen molar-refractivity contribution in [1.29, 1.82) is 0 Å². The summed E-state index contributed by atoms with van der Waals surface area (Å²) in [6.07, 6.45) is -0.511. The molecule has 0 atom stereocenters. The number of rotatable bonds is 4. The lowest BCUT2D eigenvalue weighted by Crippen LogP contribution is -2.24. The van der Waals surface area contributed by atoms with Crippen molar-refractivity contribution in [3.8, 4) is 11.8 Å². The average Bonchev–Trinajstić information content (AvgIpc) is 2.98. The largest absolute Gasteiger partial charge is 0.445 e. The fourth-order valence-electron chi connectivity index (χ4n) is 1.45. The Bertz CT molecular complexity index is 644. The van der Waals surface area contributed by atoms with Crippen LogP contribution in [0.5, 0.6) is 0 Å². The first-order valence-electron chi connectivity index (χ1n) is 6.26. The summed E-state index contributed by atoms with van der Waals surface area (Å²) in [5.41, 5.74) is 1.53. The van der Waals surface area contributed by atoms with Gasteiger partial charge in [-0.1, -0.05) is 36.3 Å². The maximum absolute atomic E-state index is 11.4. The van der Waals surface area contributed by atoms with Crippen LogP contribution in [0.3, 0.4) is 0 Å². The standard InChI is InChI=1S/C15H14N2O3S/c18-9-13-11-21-14(17-13)7-4-8-16-15(19)20-10-12-5-2-1-3-6-12/h1-3,5-6,11,18H,8-10H2,(H,16,19). The number of aliphatic hydroxyl groups excluding tert-OH is 1. The van der Waals surface area contributed by atoms with E-state index in [0.29, 0.717) is 10.7 Å². The van der Waals surface area contributed by atoms with E-state index in [4.69, 9.17) is 9.84 Å². The van der Waals surface area contributed by atoms with Crippen LogP contribution in [-0.2, 0) is 18.0 Å². The van der Waals surface area contributed by atoms with E-state index in [1.165, 1.54) is 11.3 Å². The lowest BCUT2D eigenvalue weighted by Gasteiger charge is -2.04. The van der Waals surface area contributed by atoms with Gasteiger partial charge in [-0.05, 0) is 11.5 Å². The van der Waals surface area contributed by atoms with Crippen molar-refractivity contribution in [2.24, 2.45) is 0 Å². The summed E-state index contributed by atoms with van der Waals surface area (Å²) in [6, 6.07) is 9.44. The van der Waals surface area contributed by atoms with Gasteiger partial charge in [0.1, 0.15) is 6.61 Å². The van der Waals surface area contributed by atoms with E-state index in [2.05, 4.69) is 22.1 Å². The van der Waals surface area contributed by atoms with E-state index >= 15 is 0 Å². The highest BCUT2D eigenvalue weighted by Crippen LogP contribution is 2.07. The van der Waals surface area contributed by atoms with Crippen molar-refractivity contribution in [3.05, 3.63) is 52.0 Å². The molecule has 2 rings (SSSR count). The van der Waals surface area contributed by atoms with Gasteiger partial charge in [0.2, 0.25) is 0 Å². The second-order valence-electron chi connectivity index (χ2n) is 4.02. The minimum atomic E-state index is -0.511. The molecule has 108 valence electrons. The van der Waals surface area contributed by atoms with Crippen molar-refractivity contribution in [2.75, 3.05) is 6.54 Å². The third-order valence-electron chi connectivity index (χ3n) is 2.44. The van der Waals surface area contributed by atoms with Gasteiger partial charge in [-0.2, -0.15) is 0 Å². The number of hydrogen-bond acceptors (Lipinski definition) is 5. The number of aliphatic hydroxyl groups is 1. The fourth-order valence-corrected chi connectivity index (χ4v) is 2.12. The summed E-state index contributed by atoms with van der Waals surface area (Å²) in [5, 5.41) is 13.8. The van der Waals surface area contributed by atoms with Crippen LogP contribution in [0.4, 0.5) is 4.79 Å². The minimum absolute atomic E-state index is 0.0950. The van der Waals surface area contributed by atoms with Crippen molar-refractivity contribution < 1.29 is 14.6 Å². The molecule has 21 heavy (non-hydrogen) atoms. The first-order chi connectivity index (χ1) is 10.3. The van der Waals surface area contributed by atoms with Gasteiger partial charge in [-0.3, -0.25) is 0 Å². The van der Waals surface area contributed by atoms with Crippen molar-refractivity contribution in [1.82, 2.24) is 10.3 Å². The predicted octanol–water partition coefficient (Wildman–Crippen LogP) is 1.91. The number of benzene rings is 1. The van der Waals surface area contributed by atoms with E-state index in [-0.39, 0.29) is 19.8 Å². The Labute approximate surface area is 126 Å². The zero-order valence-corrected chi connectivity index (χ0v) is 12.0. The van der Waals surface area contributed by atoms with Crippen LogP contribution < -0.4 is 5.32 Å². The number of aromatic nitrogens is 1. The molecule has 0 aliphatic rings. The first-order valence-corrected chi connectivity index (χ1v) is 7.14. The molecule has 5 nitrogen and oxygen atoms in total. The second-order valence-corrected chi connectivity index (χ2v) is 4.88. The molecule has 6 heteroatoms. The van der Waals surface area contributed by atoms with Gasteiger partial charge in [0.05, 0.1) is 18.8 Å². The number of ether oxygens (including phenoxy) is 1. The van der Waals surface area contributed by atoms with E-state index < -0.39 is 6.09 Å². The molecule has 0 fully saturated rings. The zero-order valence-electron chi connectivity index (χ0n) is 11.2. The summed E-state index contributed by atoms with van der Waals surface area (Å²) in [7, 11) is 0. The van der Waals surface area contributed by atoms with Crippen LogP contribution in [-0.4, -0.2) is 22.7 Å². The van der Waals surface area contributed by atoms with Gasteiger partial charge in [0.25, 0.3) is 0 Å². The predicted molar refractivity (Wildman–Crippen MR) is 79.5 cm³/mol. The number of carbonyl (C=O) groups is 1. The molecule has 2 aromatic rings. The molecular formula is C15H14N2O3S. The summed E-state index contributed by atoms with van der Waals surface area (Å²) in [6.45, 7) is 0.316. The highest BCUT2D eigenvalue weighted by molar-refractivity contribution is 7.10. The molecule has 0 aliphatic carbocycles. The topological polar surface area (TPSA) is 71.5 Å². The van der Waals surface area contributed by atoms with Gasteiger partial charge < -0.3 is 15.2 Å². The molecular weight excluding hydrogens is 288 g/mol. The Kier molecular flexibility index (Phi) is 5.76. The molecule has 2 N–H and O–H groups in total. The van der Waals surface area contributed by atoms with Crippen LogP contribution in [0.1, 0.15) is 16.3 Å². The highest BCUT2D eigenvalue weighted by Gasteiger charge is 2.00. The van der Waals surface area contributed by atoms with Crippen LogP contribution >= 0.6 is 11.3 Å². The lowest BCUT2D eigenvalue weighted by atomic mass is 10.2. The molecule has 1 aromatic heterocycles. The van der Waals surface area contributed by atoms with Gasteiger partial charge >= 0.3 is 6.09 Å². The average molecular weight is 302 g/mol. The molecule has 0 saturated heterocycles. The van der Waals surface area contributed by atoms with Crippen molar-refractivity contribution in [3.63, 3.8) is 0 Å². The number of thiazole rings is 1. The Morgan fingerprint density at radius 1 is 1.38 bits per heavy atom. The van der Waals surface area contributed by atoms with Crippen LogP contribution in [0.15, 0.2) is 35.7 Å². The number of alkyl carbamates (subject to hydrolysis) is 1. The lowest BCUT2D eigenvalue weighted by molar-refractivity contribution is 0.141.